The molecular weight excluding hydrogens is 387 g/mol. The second-order valence-electron chi connectivity index (χ2n) is 6.36. The van der Waals surface area contributed by atoms with E-state index in [1.165, 1.54) is 5.56 Å². The number of fused-ring (bicyclic) bond motifs is 1. The molecule has 27 heavy (non-hydrogen) atoms. The van der Waals surface area contributed by atoms with Gasteiger partial charge in [-0.1, -0.05) is 6.07 Å². The number of amides is 1. The normalized spacial score (nSPS) is 15.0. The van der Waals surface area contributed by atoms with E-state index in [2.05, 4.69) is 20.5 Å². The molecule has 1 aromatic heterocycles. The van der Waals surface area contributed by atoms with Crippen molar-refractivity contribution < 1.29 is 9.53 Å². The quantitative estimate of drug-likeness (QED) is 0.810. The average Bonchev–Trinajstić information content (AvgIpc) is 3.15. The number of nitrogens with one attached hydrogen (secondary N) is 2. The second-order valence-corrected chi connectivity index (χ2v) is 6.36. The monoisotopic (exact) mass is 410 g/mol. The number of rotatable bonds is 4. The highest BCUT2D eigenvalue weighted by Crippen LogP contribution is 2.23. The summed E-state index contributed by atoms with van der Waals surface area (Å²) in [6, 6.07) is 9.85. The molecule has 8 heteroatoms. The predicted molar refractivity (Wildman–Crippen MR) is 112 cm³/mol. The number of carbonyl (C=O) groups excluding carboxylic acids is 1. The Bertz CT molecular complexity index is 765. The first-order valence-electron chi connectivity index (χ1n) is 8.72. The van der Waals surface area contributed by atoms with E-state index in [0.29, 0.717) is 12.1 Å². The van der Waals surface area contributed by atoms with E-state index >= 15 is 0 Å². The molecule has 0 atom stereocenters. The highest BCUT2D eigenvalue weighted by Gasteiger charge is 2.14. The van der Waals surface area contributed by atoms with Crippen LogP contribution in [0.4, 0.5) is 11.5 Å². The molecule has 0 unspecified atom stereocenters. The van der Waals surface area contributed by atoms with E-state index in [9.17, 15) is 4.79 Å². The van der Waals surface area contributed by atoms with E-state index in [-0.39, 0.29) is 30.7 Å². The smallest absolute Gasteiger partial charge is 0.251 e. The van der Waals surface area contributed by atoms with Crippen molar-refractivity contribution in [2.24, 2.45) is 0 Å². The molecule has 1 amide bonds. The van der Waals surface area contributed by atoms with Crippen LogP contribution in [0.3, 0.4) is 0 Å². The van der Waals surface area contributed by atoms with E-state index < -0.39 is 0 Å². The van der Waals surface area contributed by atoms with Gasteiger partial charge in [0.1, 0.15) is 5.82 Å². The number of morpholine rings is 1. The molecule has 2 aliphatic heterocycles. The van der Waals surface area contributed by atoms with Crippen LogP contribution in [0, 0.1) is 0 Å². The van der Waals surface area contributed by atoms with Crippen LogP contribution in [0.1, 0.15) is 21.5 Å². The first kappa shape index (κ1) is 21.3. The minimum absolute atomic E-state index is 0. The first-order chi connectivity index (χ1) is 12.3. The molecule has 0 spiro atoms. The van der Waals surface area contributed by atoms with E-state index in [4.69, 9.17) is 4.74 Å². The highest BCUT2D eigenvalue weighted by atomic mass is 35.5. The molecule has 1 fully saturated rings. The van der Waals surface area contributed by atoms with Crippen LogP contribution >= 0.6 is 24.8 Å². The van der Waals surface area contributed by atoms with Gasteiger partial charge in [-0.05, 0) is 41.8 Å². The second kappa shape index (κ2) is 9.78. The average molecular weight is 411 g/mol. The van der Waals surface area contributed by atoms with Crippen LogP contribution in [0.25, 0.3) is 0 Å². The zero-order chi connectivity index (χ0) is 17.1. The van der Waals surface area contributed by atoms with Crippen LogP contribution in [0.5, 0.6) is 0 Å². The van der Waals surface area contributed by atoms with Gasteiger partial charge >= 0.3 is 0 Å². The Morgan fingerprint density at radius 2 is 2.00 bits per heavy atom. The zero-order valence-electron chi connectivity index (χ0n) is 14.9. The number of anilines is 2. The Kier molecular flexibility index (Phi) is 7.71. The summed E-state index contributed by atoms with van der Waals surface area (Å²) in [5, 5.41) is 6.28. The number of pyridine rings is 1. The summed E-state index contributed by atoms with van der Waals surface area (Å²) in [5.74, 6) is 0.913. The van der Waals surface area contributed by atoms with Gasteiger partial charge in [0.2, 0.25) is 0 Å². The van der Waals surface area contributed by atoms with Crippen LogP contribution in [0.2, 0.25) is 0 Å². The van der Waals surface area contributed by atoms with Gasteiger partial charge < -0.3 is 20.3 Å². The Morgan fingerprint density at radius 1 is 1.19 bits per heavy atom. The van der Waals surface area contributed by atoms with Gasteiger partial charge in [0.15, 0.2) is 0 Å². The summed E-state index contributed by atoms with van der Waals surface area (Å²) in [4.78, 5) is 19.1. The van der Waals surface area contributed by atoms with Gasteiger partial charge in [0, 0.05) is 43.6 Å². The summed E-state index contributed by atoms with van der Waals surface area (Å²) in [5.41, 5.74) is 4.05. The van der Waals surface area contributed by atoms with Crippen molar-refractivity contribution in [2.45, 2.75) is 13.0 Å². The summed E-state index contributed by atoms with van der Waals surface area (Å²) in [6.07, 6.45) is 2.81. The summed E-state index contributed by atoms with van der Waals surface area (Å²) >= 11 is 0. The molecule has 0 saturated carbocycles. The molecule has 3 heterocycles. The maximum atomic E-state index is 12.4. The lowest BCUT2D eigenvalue weighted by Crippen LogP contribution is -2.36. The number of halogens is 2. The maximum Gasteiger partial charge on any atom is 0.251 e. The van der Waals surface area contributed by atoms with Crippen LogP contribution in [0.15, 0.2) is 36.5 Å². The van der Waals surface area contributed by atoms with E-state index in [0.717, 1.165) is 56.3 Å². The van der Waals surface area contributed by atoms with Gasteiger partial charge in [0.05, 0.1) is 13.2 Å². The molecule has 2 N–H and O–H groups in total. The lowest BCUT2D eigenvalue weighted by Gasteiger charge is -2.27. The van der Waals surface area contributed by atoms with Gasteiger partial charge in [-0.3, -0.25) is 4.79 Å². The fraction of sp³-hybridized carbons (Fsp3) is 0.368. The fourth-order valence-corrected chi connectivity index (χ4v) is 3.23. The van der Waals surface area contributed by atoms with Gasteiger partial charge in [0.25, 0.3) is 5.91 Å². The molecule has 0 aliphatic carbocycles. The standard InChI is InChI=1S/C19H22N4O2.2ClH/c24-19(16-2-3-17-15(11-16)5-6-20-17)22-13-14-1-4-18(21-12-14)23-7-9-25-10-8-23;;/h1-4,11-12,20H,5-10,13H2,(H,22,24);2*1H. The van der Waals surface area contributed by atoms with Gasteiger partial charge in [-0.25, -0.2) is 4.98 Å². The van der Waals surface area contributed by atoms with Crippen LogP contribution < -0.4 is 15.5 Å². The summed E-state index contributed by atoms with van der Waals surface area (Å²) in [6.45, 7) is 4.66. The maximum absolute atomic E-state index is 12.4. The van der Waals surface area contributed by atoms with Crippen molar-refractivity contribution >= 4 is 42.2 Å². The number of carbonyl (C=O) groups is 1. The van der Waals surface area contributed by atoms with Crippen molar-refractivity contribution in [2.75, 3.05) is 43.1 Å². The molecule has 1 aromatic carbocycles. The molecule has 4 rings (SSSR count). The Morgan fingerprint density at radius 3 is 2.74 bits per heavy atom. The Labute approximate surface area is 171 Å². The van der Waals surface area contributed by atoms with Crippen molar-refractivity contribution in [3.05, 3.63) is 53.2 Å². The predicted octanol–water partition coefficient (Wildman–Crippen LogP) is 2.66. The SMILES string of the molecule is Cl.Cl.O=C(NCc1ccc(N2CCOCC2)nc1)c1ccc2c(c1)CCN2. The number of benzene rings is 1. The third-order valence-electron chi connectivity index (χ3n) is 4.67. The highest BCUT2D eigenvalue weighted by molar-refractivity contribution is 5.95. The molecule has 0 radical (unpaired) electrons. The first-order valence-corrected chi connectivity index (χ1v) is 8.72. The van der Waals surface area contributed by atoms with Crippen molar-refractivity contribution in [1.82, 2.24) is 10.3 Å². The van der Waals surface area contributed by atoms with Crippen molar-refractivity contribution in [3.8, 4) is 0 Å². The molecule has 6 nitrogen and oxygen atoms in total. The minimum atomic E-state index is -0.0491. The minimum Gasteiger partial charge on any atom is -0.384 e. The summed E-state index contributed by atoms with van der Waals surface area (Å²) < 4.78 is 5.36. The molecule has 146 valence electrons. The molecule has 2 aliphatic rings. The fourth-order valence-electron chi connectivity index (χ4n) is 3.23. The van der Waals surface area contributed by atoms with E-state index in [1.54, 1.807) is 0 Å². The number of hydrogen-bond donors (Lipinski definition) is 2. The number of hydrogen-bond acceptors (Lipinski definition) is 5. The lowest BCUT2D eigenvalue weighted by molar-refractivity contribution is 0.0951. The Balaban J connectivity index is 0.00000131. The van der Waals surface area contributed by atoms with Crippen molar-refractivity contribution in [3.63, 3.8) is 0 Å². The third-order valence-corrected chi connectivity index (χ3v) is 4.67. The van der Waals surface area contributed by atoms with E-state index in [1.807, 2.05) is 36.5 Å². The summed E-state index contributed by atoms with van der Waals surface area (Å²) in [7, 11) is 0. The molecular formula is C19H24Cl2N4O2. The number of ether oxygens (including phenoxy) is 1. The lowest BCUT2D eigenvalue weighted by atomic mass is 10.1. The molecule has 0 bridgehead atoms. The third kappa shape index (κ3) is 5.03. The molecule has 2 aromatic rings. The van der Waals surface area contributed by atoms with Crippen LogP contribution in [-0.4, -0.2) is 43.7 Å². The largest absolute Gasteiger partial charge is 0.384 e. The number of nitrogens with zero attached hydrogens (tertiary/aromatic N) is 2. The molecule has 1 saturated heterocycles. The van der Waals surface area contributed by atoms with Crippen molar-refractivity contribution in [1.29, 1.82) is 0 Å². The zero-order valence-corrected chi connectivity index (χ0v) is 16.6. The van der Waals surface area contributed by atoms with Gasteiger partial charge in [-0.15, -0.1) is 24.8 Å². The van der Waals surface area contributed by atoms with Crippen LogP contribution in [-0.2, 0) is 17.7 Å². The Hall–Kier alpha value is -2.02. The topological polar surface area (TPSA) is 66.5 Å². The number of aromatic nitrogens is 1. The van der Waals surface area contributed by atoms with Gasteiger partial charge in [-0.2, -0.15) is 0 Å².